The van der Waals surface area contributed by atoms with Crippen LogP contribution in [0.1, 0.15) is 194 Å². The summed E-state index contributed by atoms with van der Waals surface area (Å²) in [5.74, 6) is -0.279. The van der Waals surface area contributed by atoms with E-state index in [9.17, 15) is 27.7 Å². The number of unbranched alkanes of at least 4 members (excludes halogenated alkanes) is 22. The maximum absolute atomic E-state index is 12.2. The van der Waals surface area contributed by atoms with Gasteiger partial charge in [0.2, 0.25) is 10.4 Å². The number of esters is 2. The summed E-state index contributed by atoms with van der Waals surface area (Å²) >= 11 is 0. The van der Waals surface area contributed by atoms with Gasteiger partial charge in [-0.25, -0.2) is 8.42 Å². The van der Waals surface area contributed by atoms with Crippen molar-refractivity contribution >= 4 is 22.3 Å². The highest BCUT2D eigenvalue weighted by Crippen LogP contribution is 2.12. The molecule has 0 aliphatic rings. The number of likely N-dealkylation sites (N-methyl/N-ethyl adjacent to an activating group) is 1. The molecule has 0 radical (unpaired) electrons. The number of aliphatic hydroxyl groups is 1. The number of aliphatic hydroxyl groups excluding tert-OH is 1. The van der Waals surface area contributed by atoms with Gasteiger partial charge in [-0.1, -0.05) is 141 Å². The third-order valence-electron chi connectivity index (χ3n) is 9.92. The largest absolute Gasteiger partial charge is 0.726 e. The van der Waals surface area contributed by atoms with Crippen LogP contribution in [-0.4, -0.2) is 88.1 Å². The minimum Gasteiger partial charge on any atom is -0.726 e. The first kappa shape index (κ1) is 55.3. The highest BCUT2D eigenvalue weighted by molar-refractivity contribution is 7.80. The van der Waals surface area contributed by atoms with Gasteiger partial charge in [-0.3, -0.25) is 13.8 Å². The van der Waals surface area contributed by atoms with Crippen molar-refractivity contribution in [3.63, 3.8) is 0 Å². The molecule has 0 aromatic heterocycles. The summed E-state index contributed by atoms with van der Waals surface area (Å²) in [6, 6.07) is 0. The summed E-state index contributed by atoms with van der Waals surface area (Å²) in [6.45, 7) is 6.96. The molecule has 0 saturated carbocycles. The maximum Gasteiger partial charge on any atom is 0.305 e. The fourth-order valence-corrected chi connectivity index (χ4v) is 6.16. The summed E-state index contributed by atoms with van der Waals surface area (Å²) in [4.78, 5) is 24.5. The van der Waals surface area contributed by atoms with Crippen LogP contribution in [-0.2, 0) is 33.6 Å². The first-order chi connectivity index (χ1) is 26.5. The average molecular weight is 804 g/mol. The van der Waals surface area contributed by atoms with Crippen molar-refractivity contribution in [2.45, 2.75) is 194 Å². The van der Waals surface area contributed by atoms with Crippen molar-refractivity contribution in [3.8, 4) is 0 Å². The fourth-order valence-electron chi connectivity index (χ4n) is 6.16. The van der Waals surface area contributed by atoms with Gasteiger partial charge >= 0.3 is 11.9 Å². The summed E-state index contributed by atoms with van der Waals surface area (Å²) in [6.07, 6.45) is 42.5. The Bertz CT molecular complexity index is 959. The molecule has 0 bridgehead atoms. The van der Waals surface area contributed by atoms with Gasteiger partial charge in [-0.05, 0) is 64.2 Å². The molecule has 0 rings (SSSR count). The zero-order valence-electron chi connectivity index (χ0n) is 35.9. The van der Waals surface area contributed by atoms with Crippen LogP contribution in [0.4, 0.5) is 0 Å². The van der Waals surface area contributed by atoms with E-state index in [0.29, 0.717) is 50.2 Å². The minimum atomic E-state index is -4.41. The molecule has 0 saturated heterocycles. The van der Waals surface area contributed by atoms with Gasteiger partial charge in [0.1, 0.15) is 32.8 Å². The van der Waals surface area contributed by atoms with Gasteiger partial charge in [-0.2, -0.15) is 0 Å². The Labute approximate surface area is 338 Å². The highest BCUT2D eigenvalue weighted by atomic mass is 32.3. The lowest BCUT2D eigenvalue weighted by molar-refractivity contribution is -0.910. The van der Waals surface area contributed by atoms with Gasteiger partial charge < -0.3 is 23.6 Å². The Morgan fingerprint density at radius 1 is 0.545 bits per heavy atom. The number of carbonyl (C=O) groups excluding carboxylic acids is 2. The molecular formula is C44H85NO9S. The lowest BCUT2D eigenvalue weighted by atomic mass is 10.1. The van der Waals surface area contributed by atoms with E-state index in [1.165, 1.54) is 141 Å². The predicted molar refractivity (Wildman–Crippen MR) is 225 cm³/mol. The molecule has 11 heteroatoms. The van der Waals surface area contributed by atoms with Crippen LogP contribution < -0.4 is 0 Å². The standard InChI is InChI=1S/C43H82NO5.CH4O4S/c1-4-6-8-10-12-14-16-18-20-22-24-26-28-30-32-34-42(46)48-40-37-44(3,36-39-45)38-41-49-43(47)35-33-31-29-27-25-23-21-19-17-15-13-11-9-7-5-2;1-5-6(2,3)4/h18-21,45H,4-17,22-41H2,1-3H3;1H3,(H,2,3,4)/q+1;/p-1/b20-18-,21-19-;. The van der Waals surface area contributed by atoms with Gasteiger partial charge in [-0.15, -0.1) is 0 Å². The number of hydrogen-bond donors (Lipinski definition) is 1. The second-order valence-corrected chi connectivity index (χ2v) is 16.3. The zero-order chi connectivity index (χ0) is 41.1. The molecule has 1 N–H and O–H groups in total. The fraction of sp³-hybridized carbons (Fsp3) is 0.864. The van der Waals surface area contributed by atoms with Gasteiger partial charge in [0.05, 0.1) is 20.8 Å². The molecule has 0 unspecified atom stereocenters. The van der Waals surface area contributed by atoms with E-state index in [-0.39, 0.29) is 18.5 Å². The van der Waals surface area contributed by atoms with Crippen LogP contribution in [0.15, 0.2) is 24.3 Å². The van der Waals surface area contributed by atoms with Crippen LogP contribution in [0.3, 0.4) is 0 Å². The zero-order valence-corrected chi connectivity index (χ0v) is 36.7. The molecule has 0 amide bonds. The summed E-state index contributed by atoms with van der Waals surface area (Å²) < 4.78 is 42.6. The SMILES string of the molecule is CCCCCCCC/C=C\CCCCCCCC(=O)OCC[N+](C)(CCO)CCOC(=O)CCCCCCC/C=C\CCCCCCCC.COS(=O)(=O)[O-]. The van der Waals surface area contributed by atoms with E-state index in [1.54, 1.807) is 0 Å². The Balaban J connectivity index is 0. The first-order valence-corrected chi connectivity index (χ1v) is 23.4. The molecule has 0 aliphatic heterocycles. The van der Waals surface area contributed by atoms with E-state index in [4.69, 9.17) is 9.47 Å². The van der Waals surface area contributed by atoms with Crippen LogP contribution in [0, 0.1) is 0 Å². The van der Waals surface area contributed by atoms with E-state index < -0.39 is 10.4 Å². The van der Waals surface area contributed by atoms with Gasteiger partial charge in [0.25, 0.3) is 0 Å². The second-order valence-electron chi connectivity index (χ2n) is 15.2. The van der Waals surface area contributed by atoms with Gasteiger partial charge in [0, 0.05) is 12.8 Å². The Kier molecular flexibility index (Phi) is 42.1. The lowest BCUT2D eigenvalue weighted by Gasteiger charge is -2.33. The first-order valence-electron chi connectivity index (χ1n) is 22.1. The molecule has 0 aromatic carbocycles. The molecule has 326 valence electrons. The third kappa shape index (κ3) is 46.5. The summed E-state index contributed by atoms with van der Waals surface area (Å²) in [5, 5.41) is 9.58. The van der Waals surface area contributed by atoms with Crippen LogP contribution in [0.25, 0.3) is 0 Å². The third-order valence-corrected chi connectivity index (χ3v) is 10.3. The van der Waals surface area contributed by atoms with Crippen molar-refractivity contribution in [1.82, 2.24) is 0 Å². The van der Waals surface area contributed by atoms with E-state index in [1.807, 2.05) is 7.05 Å². The van der Waals surface area contributed by atoms with Crippen molar-refractivity contribution in [3.05, 3.63) is 24.3 Å². The second kappa shape index (κ2) is 41.8. The number of rotatable bonds is 39. The van der Waals surface area contributed by atoms with Crippen molar-refractivity contribution in [1.29, 1.82) is 0 Å². The number of allylic oxidation sites excluding steroid dienone is 4. The number of quaternary nitrogens is 1. The van der Waals surface area contributed by atoms with E-state index in [0.717, 1.165) is 32.8 Å². The molecule has 0 aromatic rings. The number of nitrogens with zero attached hydrogens (tertiary/aromatic N) is 1. The number of hydrogen-bond acceptors (Lipinski definition) is 9. The summed E-state index contributed by atoms with van der Waals surface area (Å²) in [5.41, 5.74) is 0. The van der Waals surface area contributed by atoms with Crippen LogP contribution in [0.5, 0.6) is 0 Å². The monoisotopic (exact) mass is 804 g/mol. The van der Waals surface area contributed by atoms with Crippen LogP contribution in [0.2, 0.25) is 0 Å². The van der Waals surface area contributed by atoms with Crippen molar-refractivity contribution in [2.24, 2.45) is 0 Å². The Hall–Kier alpha value is -1.79. The van der Waals surface area contributed by atoms with Crippen molar-refractivity contribution in [2.75, 3.05) is 53.6 Å². The maximum atomic E-state index is 12.2. The van der Waals surface area contributed by atoms with E-state index >= 15 is 0 Å². The predicted octanol–water partition coefficient (Wildman–Crippen LogP) is 10.7. The highest BCUT2D eigenvalue weighted by Gasteiger charge is 2.22. The molecule has 0 fully saturated rings. The number of ether oxygens (including phenoxy) is 2. The molecule has 10 nitrogen and oxygen atoms in total. The Morgan fingerprint density at radius 3 is 1.13 bits per heavy atom. The molecule has 0 spiro atoms. The van der Waals surface area contributed by atoms with Crippen molar-refractivity contribution < 1.29 is 45.8 Å². The van der Waals surface area contributed by atoms with Crippen LogP contribution >= 0.6 is 0 Å². The van der Waals surface area contributed by atoms with E-state index in [2.05, 4.69) is 42.3 Å². The smallest absolute Gasteiger partial charge is 0.305 e. The summed E-state index contributed by atoms with van der Waals surface area (Å²) in [7, 11) is -1.58. The topological polar surface area (TPSA) is 139 Å². The molecule has 0 heterocycles. The van der Waals surface area contributed by atoms with Gasteiger partial charge in [0.15, 0.2) is 0 Å². The average Bonchev–Trinajstić information content (AvgIpc) is 3.15. The molecule has 0 atom stereocenters. The molecule has 55 heavy (non-hydrogen) atoms. The quantitative estimate of drug-likeness (QED) is 0.0161. The molecular weight excluding hydrogens is 719 g/mol. The minimum absolute atomic E-state index is 0.0439. The molecule has 0 aliphatic carbocycles. The normalized spacial score (nSPS) is 12.0. The Morgan fingerprint density at radius 2 is 0.836 bits per heavy atom. The lowest BCUT2D eigenvalue weighted by Crippen LogP contribution is -2.50. The number of carbonyl (C=O) groups is 2.